The zero-order chi connectivity index (χ0) is 17.8. The second-order valence-corrected chi connectivity index (χ2v) is 8.17. The topological polar surface area (TPSA) is 89.4 Å². The van der Waals surface area contributed by atoms with Crippen LogP contribution in [0, 0.1) is 3.70 Å². The van der Waals surface area contributed by atoms with Crippen LogP contribution in [-0.4, -0.2) is 63.0 Å². The lowest BCUT2D eigenvalue weighted by Crippen LogP contribution is -2.42. The lowest BCUT2D eigenvalue weighted by atomic mass is 10.1. The van der Waals surface area contributed by atoms with Gasteiger partial charge < -0.3 is 19.2 Å². The van der Waals surface area contributed by atoms with Crippen LogP contribution in [0.2, 0.25) is 0 Å². The highest BCUT2D eigenvalue weighted by Gasteiger charge is 2.31. The Morgan fingerprint density at radius 1 is 1.36 bits per heavy atom. The number of hydrogen-bond donors (Lipinski definition) is 1. The van der Waals surface area contributed by atoms with Gasteiger partial charge in [-0.25, -0.2) is 4.98 Å². The van der Waals surface area contributed by atoms with Gasteiger partial charge >= 0.3 is 0 Å². The minimum absolute atomic E-state index is 0.303. The molecule has 1 aliphatic rings. The molecule has 4 heterocycles. The number of halogens is 1. The average Bonchev–Trinajstić information content (AvgIpc) is 3.00. The third-order valence-corrected chi connectivity index (χ3v) is 5.42. The molecule has 0 saturated carbocycles. The highest BCUT2D eigenvalue weighted by atomic mass is 127. The first-order valence-electron chi connectivity index (χ1n) is 7.81. The Bertz CT molecular complexity index is 954. The van der Waals surface area contributed by atoms with E-state index in [1.807, 2.05) is 18.2 Å². The van der Waals surface area contributed by atoms with Crippen molar-refractivity contribution >= 4 is 62.4 Å². The Kier molecular flexibility index (Phi) is 4.33. The molecule has 3 aromatic rings. The minimum atomic E-state index is -0.947. The summed E-state index contributed by atoms with van der Waals surface area (Å²) < 4.78 is 14.1. The lowest BCUT2D eigenvalue weighted by Gasteiger charge is -2.28. The number of aromatic nitrogens is 4. The molecule has 1 fully saturated rings. The quantitative estimate of drug-likeness (QED) is 0.342. The molecule has 1 N–H and O–H groups in total. The van der Waals surface area contributed by atoms with Crippen molar-refractivity contribution in [2.24, 2.45) is 7.05 Å². The van der Waals surface area contributed by atoms with E-state index in [1.54, 1.807) is 11.6 Å². The first-order valence-corrected chi connectivity index (χ1v) is 10.1. The monoisotopic (exact) mass is 475 g/mol. The van der Waals surface area contributed by atoms with Gasteiger partial charge in [-0.05, 0) is 35.8 Å². The average molecular weight is 475 g/mol. The van der Waals surface area contributed by atoms with E-state index in [-0.39, 0.29) is 0 Å². The molecule has 0 radical (unpaired) electrons. The molecule has 1 aliphatic heterocycles. The number of aryl methyl sites for hydroxylation is 1. The van der Waals surface area contributed by atoms with E-state index in [0.29, 0.717) is 42.8 Å². The van der Waals surface area contributed by atoms with E-state index < -0.39 is 5.60 Å². The van der Waals surface area contributed by atoms with Crippen LogP contribution in [0.25, 0.3) is 22.2 Å². The summed E-state index contributed by atoms with van der Waals surface area (Å²) >= 11 is 3.62. The third kappa shape index (κ3) is 2.98. The highest BCUT2D eigenvalue weighted by molar-refractivity contribution is 14.1. The van der Waals surface area contributed by atoms with Gasteiger partial charge in [-0.2, -0.15) is 10.1 Å². The van der Waals surface area contributed by atoms with Crippen LogP contribution in [0.15, 0.2) is 9.57 Å². The van der Waals surface area contributed by atoms with Gasteiger partial charge in [0.1, 0.15) is 22.3 Å². The summed E-state index contributed by atoms with van der Waals surface area (Å²) in [5.74, 6) is 0.748. The molecular weight excluding hydrogens is 457 g/mol. The Morgan fingerprint density at radius 2 is 2.16 bits per heavy atom. The zero-order valence-corrected chi connectivity index (χ0v) is 17.1. The van der Waals surface area contributed by atoms with Crippen molar-refractivity contribution in [3.63, 3.8) is 0 Å². The number of rotatable bonds is 2. The first kappa shape index (κ1) is 17.3. The maximum absolute atomic E-state index is 10.5. The van der Waals surface area contributed by atoms with Crippen LogP contribution in [0.3, 0.4) is 0 Å². The molecule has 10 heteroatoms. The number of aliphatic hydroxyl groups is 1. The van der Waals surface area contributed by atoms with Crippen molar-refractivity contribution in [1.82, 2.24) is 19.7 Å². The van der Waals surface area contributed by atoms with Gasteiger partial charge in [0, 0.05) is 13.6 Å². The molecule has 0 unspecified atom stereocenters. The standard InChI is InChI=1S/C15H18IN5O3S/c1-15(22)6-21(4-5-23-7-15)12-8-9-10(11(16)19-20(9)2)24-13(8)18-14(17-12)25-3/h22H,4-7H2,1-3H3/t15-/m0/s1. The third-order valence-electron chi connectivity index (χ3n) is 4.17. The van der Waals surface area contributed by atoms with Gasteiger partial charge in [0.25, 0.3) is 0 Å². The van der Waals surface area contributed by atoms with Crippen molar-refractivity contribution in [2.45, 2.75) is 17.7 Å². The van der Waals surface area contributed by atoms with E-state index in [0.717, 1.165) is 20.4 Å². The van der Waals surface area contributed by atoms with Gasteiger partial charge in [-0.3, -0.25) is 4.68 Å². The first-order chi connectivity index (χ1) is 11.9. The number of furan rings is 1. The molecule has 0 spiro atoms. The van der Waals surface area contributed by atoms with Crippen LogP contribution < -0.4 is 4.90 Å². The number of β-amino-alcohol motifs (C(OH)–C–C–N with tert-alkyl or cyclic N) is 1. The van der Waals surface area contributed by atoms with Gasteiger partial charge in [0.15, 0.2) is 14.4 Å². The van der Waals surface area contributed by atoms with Gasteiger partial charge in [-0.15, -0.1) is 0 Å². The summed E-state index contributed by atoms with van der Waals surface area (Å²) in [6, 6.07) is 0. The van der Waals surface area contributed by atoms with Crippen LogP contribution >= 0.6 is 34.4 Å². The van der Waals surface area contributed by atoms with Crippen LogP contribution in [0.4, 0.5) is 5.82 Å². The molecule has 25 heavy (non-hydrogen) atoms. The summed E-state index contributed by atoms with van der Waals surface area (Å²) in [6.45, 7) is 3.67. The molecule has 8 nitrogen and oxygen atoms in total. The summed E-state index contributed by atoms with van der Waals surface area (Å²) in [4.78, 5) is 11.3. The fraction of sp³-hybridized carbons (Fsp3) is 0.533. The predicted molar refractivity (Wildman–Crippen MR) is 104 cm³/mol. The number of ether oxygens (including phenoxy) is 1. The fourth-order valence-electron chi connectivity index (χ4n) is 3.13. The highest BCUT2D eigenvalue weighted by Crippen LogP contribution is 2.37. The largest absolute Gasteiger partial charge is 0.433 e. The second-order valence-electron chi connectivity index (χ2n) is 6.38. The molecule has 0 aliphatic carbocycles. The van der Waals surface area contributed by atoms with Crippen LogP contribution in [0.1, 0.15) is 6.92 Å². The van der Waals surface area contributed by atoms with E-state index in [2.05, 4.69) is 32.7 Å². The Hall–Kier alpha value is -1.11. The Morgan fingerprint density at radius 3 is 2.92 bits per heavy atom. The van der Waals surface area contributed by atoms with E-state index >= 15 is 0 Å². The Balaban J connectivity index is 1.98. The molecule has 3 aromatic heterocycles. The van der Waals surface area contributed by atoms with Crippen molar-refractivity contribution in [3.8, 4) is 0 Å². The maximum Gasteiger partial charge on any atom is 0.235 e. The Labute approximate surface area is 162 Å². The molecule has 4 rings (SSSR count). The number of nitrogens with zero attached hydrogens (tertiary/aromatic N) is 5. The van der Waals surface area contributed by atoms with E-state index in [1.165, 1.54) is 11.8 Å². The molecule has 0 amide bonds. The lowest BCUT2D eigenvalue weighted by molar-refractivity contribution is -0.0123. The zero-order valence-electron chi connectivity index (χ0n) is 14.1. The van der Waals surface area contributed by atoms with E-state index in [4.69, 9.17) is 14.1 Å². The smallest absolute Gasteiger partial charge is 0.235 e. The summed E-state index contributed by atoms with van der Waals surface area (Å²) in [7, 11) is 1.88. The van der Waals surface area contributed by atoms with E-state index in [9.17, 15) is 5.11 Å². The summed E-state index contributed by atoms with van der Waals surface area (Å²) in [5.41, 5.74) is 1.17. The number of hydrogen-bond acceptors (Lipinski definition) is 8. The maximum atomic E-state index is 10.5. The normalized spacial score (nSPS) is 22.0. The number of thioether (sulfide) groups is 1. The van der Waals surface area contributed by atoms with Crippen LogP contribution in [-0.2, 0) is 11.8 Å². The number of anilines is 1. The summed E-state index contributed by atoms with van der Waals surface area (Å²) in [6.07, 6.45) is 1.93. The van der Waals surface area contributed by atoms with Crippen LogP contribution in [0.5, 0.6) is 0 Å². The van der Waals surface area contributed by atoms with Crippen molar-refractivity contribution in [1.29, 1.82) is 0 Å². The molecule has 134 valence electrons. The van der Waals surface area contributed by atoms with Gasteiger partial charge in [0.2, 0.25) is 5.71 Å². The molecule has 1 atom stereocenters. The fourth-order valence-corrected chi connectivity index (χ4v) is 4.17. The number of fused-ring (bicyclic) bond motifs is 3. The SMILES string of the molecule is CSc1nc(N2CCOC[C@@](C)(O)C2)c2c(n1)oc1c(I)nn(C)c12. The van der Waals surface area contributed by atoms with Crippen molar-refractivity contribution < 1.29 is 14.3 Å². The van der Waals surface area contributed by atoms with Crippen molar-refractivity contribution in [3.05, 3.63) is 3.70 Å². The molecule has 0 aromatic carbocycles. The van der Waals surface area contributed by atoms with Gasteiger partial charge in [0.05, 0.1) is 19.8 Å². The van der Waals surface area contributed by atoms with Crippen molar-refractivity contribution in [2.75, 3.05) is 37.5 Å². The predicted octanol–water partition coefficient (Wildman–Crippen LogP) is 2.02. The molecule has 0 bridgehead atoms. The molecular formula is C15H18IN5O3S. The molecule has 1 saturated heterocycles. The second kappa shape index (κ2) is 6.25. The summed E-state index contributed by atoms with van der Waals surface area (Å²) in [5, 5.41) is 16.4. The minimum Gasteiger partial charge on any atom is -0.433 e. The van der Waals surface area contributed by atoms with Gasteiger partial charge in [-0.1, -0.05) is 11.8 Å².